The number of carbonyl (C=O) groups is 1. The standard InChI is InChI=1S/C29H27N3O2/c1-3-32(4-2)21-16-14-20(15-17-21)27-24(19-10-6-5-7-11-19)18-25(30-31-27)26-28(33)22-12-8-9-13-23(22)29(26)34/h5-18,24,27,33H,3-4H2,1-2H3/t24-,27-/m0/s1. The monoisotopic (exact) mass is 449 g/mol. The molecule has 0 fully saturated rings. The molecule has 2 atom stereocenters. The molecule has 0 radical (unpaired) electrons. The van der Waals surface area contributed by atoms with Gasteiger partial charge in [-0.2, -0.15) is 10.2 Å². The lowest BCUT2D eigenvalue weighted by Gasteiger charge is -2.26. The van der Waals surface area contributed by atoms with Crippen LogP contribution in [0.5, 0.6) is 0 Å². The summed E-state index contributed by atoms with van der Waals surface area (Å²) in [5, 5.41) is 20.0. The third-order valence-corrected chi connectivity index (χ3v) is 6.66. The van der Waals surface area contributed by atoms with E-state index in [1.807, 2.05) is 30.3 Å². The van der Waals surface area contributed by atoms with E-state index in [-0.39, 0.29) is 29.1 Å². The van der Waals surface area contributed by atoms with Crippen LogP contribution in [0.1, 0.15) is 52.9 Å². The summed E-state index contributed by atoms with van der Waals surface area (Å²) in [5.74, 6) is -0.364. The van der Waals surface area contributed by atoms with E-state index in [1.54, 1.807) is 18.2 Å². The average Bonchev–Trinajstić information content (AvgIpc) is 3.15. The average molecular weight is 450 g/mol. The van der Waals surface area contributed by atoms with Gasteiger partial charge in [0.05, 0.1) is 11.3 Å². The van der Waals surface area contributed by atoms with Gasteiger partial charge in [0.2, 0.25) is 0 Å². The molecule has 2 aliphatic rings. The van der Waals surface area contributed by atoms with Gasteiger partial charge in [-0.15, -0.1) is 0 Å². The van der Waals surface area contributed by atoms with Crippen molar-refractivity contribution in [2.24, 2.45) is 10.2 Å². The van der Waals surface area contributed by atoms with Gasteiger partial charge in [0, 0.05) is 35.8 Å². The first-order valence-electron chi connectivity index (χ1n) is 11.7. The van der Waals surface area contributed by atoms with E-state index in [4.69, 9.17) is 0 Å². The van der Waals surface area contributed by atoms with Gasteiger partial charge < -0.3 is 10.0 Å². The first kappa shape index (κ1) is 21.8. The number of allylic oxidation sites excluding steroid dienone is 1. The Bertz CT molecular complexity index is 1300. The summed E-state index contributed by atoms with van der Waals surface area (Å²) in [7, 11) is 0. The van der Waals surface area contributed by atoms with Crippen LogP contribution in [-0.2, 0) is 0 Å². The molecule has 0 aromatic heterocycles. The van der Waals surface area contributed by atoms with Gasteiger partial charge in [-0.3, -0.25) is 4.79 Å². The zero-order chi connectivity index (χ0) is 23.7. The minimum atomic E-state index is -0.224. The SMILES string of the molecule is CCN(CC)c1ccc([C@@H]2N=NC(C3=C(O)c4ccccc4C3=O)=C[C@H]2c2ccccc2)cc1. The number of benzene rings is 3. The number of ketones is 1. The van der Waals surface area contributed by atoms with Crippen LogP contribution in [0.4, 0.5) is 5.69 Å². The summed E-state index contributed by atoms with van der Waals surface area (Å²) in [6.07, 6.45) is 1.97. The summed E-state index contributed by atoms with van der Waals surface area (Å²) < 4.78 is 0. The normalized spacial score (nSPS) is 19.2. The summed E-state index contributed by atoms with van der Waals surface area (Å²) in [6, 6.07) is 25.5. The Morgan fingerprint density at radius 1 is 0.824 bits per heavy atom. The highest BCUT2D eigenvalue weighted by atomic mass is 16.3. The van der Waals surface area contributed by atoms with Crippen molar-refractivity contribution in [2.75, 3.05) is 18.0 Å². The highest BCUT2D eigenvalue weighted by molar-refractivity contribution is 6.22. The fourth-order valence-electron chi connectivity index (χ4n) is 4.83. The van der Waals surface area contributed by atoms with Crippen LogP contribution >= 0.6 is 0 Å². The number of hydrogen-bond donors (Lipinski definition) is 1. The number of aliphatic hydroxyl groups excluding tert-OH is 1. The third-order valence-electron chi connectivity index (χ3n) is 6.66. The molecule has 1 heterocycles. The molecule has 0 saturated heterocycles. The molecule has 1 aliphatic heterocycles. The first-order valence-corrected chi connectivity index (χ1v) is 11.7. The zero-order valence-electron chi connectivity index (χ0n) is 19.3. The predicted molar refractivity (Wildman–Crippen MR) is 135 cm³/mol. The number of aliphatic hydroxyl groups is 1. The molecule has 34 heavy (non-hydrogen) atoms. The summed E-state index contributed by atoms with van der Waals surface area (Å²) in [4.78, 5) is 15.4. The largest absolute Gasteiger partial charge is 0.506 e. The molecule has 5 nitrogen and oxygen atoms in total. The second-order valence-electron chi connectivity index (χ2n) is 8.51. The van der Waals surface area contributed by atoms with Crippen molar-refractivity contribution in [3.8, 4) is 0 Å². The summed E-state index contributed by atoms with van der Waals surface area (Å²) in [5.41, 5.74) is 5.01. The van der Waals surface area contributed by atoms with Crippen LogP contribution in [0, 0.1) is 0 Å². The maximum atomic E-state index is 13.1. The highest BCUT2D eigenvalue weighted by Crippen LogP contribution is 2.44. The van der Waals surface area contributed by atoms with E-state index in [1.165, 1.54) is 5.69 Å². The number of Topliss-reactive ketones (excluding diaryl/α,β-unsaturated/α-hetero) is 1. The number of hydrogen-bond acceptors (Lipinski definition) is 5. The molecule has 3 aromatic rings. The van der Waals surface area contributed by atoms with Crippen molar-refractivity contribution in [3.63, 3.8) is 0 Å². The molecule has 1 aliphatic carbocycles. The molecule has 0 unspecified atom stereocenters. The second-order valence-corrected chi connectivity index (χ2v) is 8.51. The van der Waals surface area contributed by atoms with Crippen LogP contribution in [0.15, 0.2) is 106 Å². The van der Waals surface area contributed by atoms with Crippen LogP contribution in [0.2, 0.25) is 0 Å². The van der Waals surface area contributed by atoms with Gasteiger partial charge in [0.25, 0.3) is 0 Å². The van der Waals surface area contributed by atoms with Crippen LogP contribution in [0.25, 0.3) is 5.76 Å². The molecule has 3 aromatic carbocycles. The lowest BCUT2D eigenvalue weighted by Crippen LogP contribution is -2.21. The van der Waals surface area contributed by atoms with E-state index in [0.717, 1.165) is 24.2 Å². The van der Waals surface area contributed by atoms with Crippen molar-refractivity contribution < 1.29 is 9.90 Å². The molecule has 0 saturated carbocycles. The van der Waals surface area contributed by atoms with Gasteiger partial charge in [-0.1, -0.05) is 66.7 Å². The van der Waals surface area contributed by atoms with E-state index >= 15 is 0 Å². The fourth-order valence-corrected chi connectivity index (χ4v) is 4.83. The predicted octanol–water partition coefficient (Wildman–Crippen LogP) is 6.87. The Morgan fingerprint density at radius 2 is 1.47 bits per heavy atom. The lowest BCUT2D eigenvalue weighted by molar-refractivity contribution is 0.103. The Morgan fingerprint density at radius 3 is 2.12 bits per heavy atom. The number of rotatable bonds is 6. The van der Waals surface area contributed by atoms with E-state index in [0.29, 0.717) is 16.8 Å². The summed E-state index contributed by atoms with van der Waals surface area (Å²) in [6.45, 7) is 6.20. The zero-order valence-corrected chi connectivity index (χ0v) is 19.3. The molecule has 1 N–H and O–H groups in total. The Balaban J connectivity index is 1.54. The van der Waals surface area contributed by atoms with Crippen molar-refractivity contribution >= 4 is 17.2 Å². The minimum absolute atomic E-state index is 0.0281. The Kier molecular flexibility index (Phi) is 5.84. The van der Waals surface area contributed by atoms with Gasteiger partial charge in [-0.05, 0) is 43.2 Å². The molecular weight excluding hydrogens is 422 g/mol. The van der Waals surface area contributed by atoms with Crippen molar-refractivity contribution in [2.45, 2.75) is 25.8 Å². The van der Waals surface area contributed by atoms with Crippen LogP contribution in [0.3, 0.4) is 0 Å². The van der Waals surface area contributed by atoms with Gasteiger partial charge in [0.1, 0.15) is 11.8 Å². The summed E-state index contributed by atoms with van der Waals surface area (Å²) >= 11 is 0. The first-order chi connectivity index (χ1) is 16.6. The molecule has 170 valence electrons. The van der Waals surface area contributed by atoms with E-state index < -0.39 is 0 Å². The minimum Gasteiger partial charge on any atom is -0.506 e. The number of anilines is 1. The molecule has 5 heteroatoms. The second kappa shape index (κ2) is 9.10. The van der Waals surface area contributed by atoms with Gasteiger partial charge >= 0.3 is 0 Å². The maximum Gasteiger partial charge on any atom is 0.199 e. The fraction of sp³-hybridized carbons (Fsp3) is 0.207. The van der Waals surface area contributed by atoms with Crippen LogP contribution in [-0.4, -0.2) is 24.0 Å². The van der Waals surface area contributed by atoms with Gasteiger partial charge in [0.15, 0.2) is 5.78 Å². The maximum absolute atomic E-state index is 13.1. The van der Waals surface area contributed by atoms with Crippen LogP contribution < -0.4 is 4.90 Å². The smallest absolute Gasteiger partial charge is 0.199 e. The lowest BCUT2D eigenvalue weighted by atomic mass is 9.85. The highest BCUT2D eigenvalue weighted by Gasteiger charge is 2.35. The molecule has 0 amide bonds. The third kappa shape index (κ3) is 3.73. The van der Waals surface area contributed by atoms with Crippen molar-refractivity contribution in [1.29, 1.82) is 0 Å². The Labute approximate surface area is 199 Å². The van der Waals surface area contributed by atoms with Gasteiger partial charge in [-0.25, -0.2) is 0 Å². The molecule has 0 spiro atoms. The molecule has 5 rings (SSSR count). The van der Waals surface area contributed by atoms with E-state index in [9.17, 15) is 9.90 Å². The topological polar surface area (TPSA) is 65.3 Å². The Hall–Kier alpha value is -3.99. The number of carbonyl (C=O) groups excluding carboxylic acids is 1. The number of fused-ring (bicyclic) bond motifs is 1. The molecule has 0 bridgehead atoms. The van der Waals surface area contributed by atoms with Crippen molar-refractivity contribution in [3.05, 3.63) is 118 Å². The number of azo groups is 1. The van der Waals surface area contributed by atoms with Crippen molar-refractivity contribution in [1.82, 2.24) is 0 Å². The van der Waals surface area contributed by atoms with E-state index in [2.05, 4.69) is 65.4 Å². The number of nitrogens with zero attached hydrogens (tertiary/aromatic N) is 3. The molecular formula is C29H27N3O2. The quantitative estimate of drug-likeness (QED) is 0.446.